The first-order chi connectivity index (χ1) is 8.68. The second-order valence-corrected chi connectivity index (χ2v) is 4.67. The van der Waals surface area contributed by atoms with E-state index in [4.69, 9.17) is 10.8 Å². The SMILES string of the molecule is CC(CO)N(C)c1ccc(C(N)=S)c(C(F)(F)F)c1. The number of aliphatic hydroxyl groups excluding tert-OH is 1. The Bertz CT molecular complexity index is 477. The summed E-state index contributed by atoms with van der Waals surface area (Å²) in [4.78, 5) is 1.26. The monoisotopic (exact) mass is 292 g/mol. The number of thiocarbonyl (C=S) groups is 1. The third-order valence-electron chi connectivity index (χ3n) is 2.91. The lowest BCUT2D eigenvalue weighted by molar-refractivity contribution is -0.137. The zero-order chi connectivity index (χ0) is 14.8. The van der Waals surface area contributed by atoms with Crippen LogP contribution >= 0.6 is 12.2 Å². The lowest BCUT2D eigenvalue weighted by Crippen LogP contribution is -2.32. The average molecular weight is 292 g/mol. The molecular weight excluding hydrogens is 277 g/mol. The van der Waals surface area contributed by atoms with Gasteiger partial charge in [0.15, 0.2) is 0 Å². The summed E-state index contributed by atoms with van der Waals surface area (Å²) < 4.78 is 38.9. The van der Waals surface area contributed by atoms with Gasteiger partial charge in [-0.15, -0.1) is 0 Å². The molecule has 3 N–H and O–H groups in total. The Kier molecular flexibility index (Phi) is 4.75. The molecule has 0 aromatic heterocycles. The molecule has 1 unspecified atom stereocenters. The molecule has 19 heavy (non-hydrogen) atoms. The van der Waals surface area contributed by atoms with Gasteiger partial charge in [0.1, 0.15) is 4.99 Å². The molecule has 0 bridgehead atoms. The number of nitrogens with two attached hydrogens (primary N) is 1. The number of aliphatic hydroxyl groups is 1. The van der Waals surface area contributed by atoms with Crippen LogP contribution in [0.15, 0.2) is 18.2 Å². The van der Waals surface area contributed by atoms with E-state index in [1.54, 1.807) is 18.9 Å². The molecule has 0 fully saturated rings. The molecule has 0 aliphatic carbocycles. The van der Waals surface area contributed by atoms with Crippen molar-refractivity contribution in [3.8, 4) is 0 Å². The average Bonchev–Trinajstić information content (AvgIpc) is 2.35. The maximum atomic E-state index is 13.0. The third-order valence-corrected chi connectivity index (χ3v) is 3.13. The summed E-state index contributed by atoms with van der Waals surface area (Å²) in [5, 5.41) is 9.03. The van der Waals surface area contributed by atoms with Gasteiger partial charge in [-0.25, -0.2) is 0 Å². The minimum Gasteiger partial charge on any atom is -0.394 e. The zero-order valence-electron chi connectivity index (χ0n) is 10.5. The van der Waals surface area contributed by atoms with Gasteiger partial charge in [-0.3, -0.25) is 0 Å². The van der Waals surface area contributed by atoms with Crippen molar-refractivity contribution in [1.29, 1.82) is 0 Å². The Morgan fingerprint density at radius 1 is 1.47 bits per heavy atom. The Morgan fingerprint density at radius 2 is 2.05 bits per heavy atom. The Hall–Kier alpha value is -1.34. The van der Waals surface area contributed by atoms with E-state index < -0.39 is 11.7 Å². The van der Waals surface area contributed by atoms with Crippen molar-refractivity contribution in [1.82, 2.24) is 0 Å². The van der Waals surface area contributed by atoms with Crippen molar-refractivity contribution in [3.05, 3.63) is 29.3 Å². The number of benzene rings is 1. The van der Waals surface area contributed by atoms with Crippen molar-refractivity contribution in [2.45, 2.75) is 19.1 Å². The van der Waals surface area contributed by atoms with E-state index in [0.29, 0.717) is 5.69 Å². The minimum atomic E-state index is -4.53. The van der Waals surface area contributed by atoms with Crippen molar-refractivity contribution < 1.29 is 18.3 Å². The normalized spacial score (nSPS) is 13.2. The molecule has 0 aliphatic heterocycles. The first kappa shape index (κ1) is 15.7. The van der Waals surface area contributed by atoms with Crippen LogP contribution in [0.25, 0.3) is 0 Å². The number of halogens is 3. The van der Waals surface area contributed by atoms with Crippen molar-refractivity contribution in [3.63, 3.8) is 0 Å². The van der Waals surface area contributed by atoms with E-state index in [-0.39, 0.29) is 23.2 Å². The first-order valence-electron chi connectivity index (χ1n) is 5.53. The number of likely N-dealkylation sites (N-methyl/N-ethyl adjacent to an activating group) is 1. The van der Waals surface area contributed by atoms with Crippen molar-refractivity contribution in [2.75, 3.05) is 18.6 Å². The molecule has 1 atom stereocenters. The Morgan fingerprint density at radius 3 is 2.47 bits per heavy atom. The van der Waals surface area contributed by atoms with Gasteiger partial charge >= 0.3 is 6.18 Å². The molecule has 0 heterocycles. The van der Waals surface area contributed by atoms with Crippen LogP contribution in [0, 0.1) is 0 Å². The number of hydrogen-bond donors (Lipinski definition) is 2. The summed E-state index contributed by atoms with van der Waals surface area (Å²) in [5.41, 5.74) is 4.58. The molecule has 1 aromatic carbocycles. The molecule has 7 heteroatoms. The van der Waals surface area contributed by atoms with Crippen molar-refractivity contribution >= 4 is 22.9 Å². The fourth-order valence-electron chi connectivity index (χ4n) is 1.58. The molecule has 1 aromatic rings. The third kappa shape index (κ3) is 3.57. The van der Waals surface area contributed by atoms with Gasteiger partial charge in [0.05, 0.1) is 12.2 Å². The number of alkyl halides is 3. The van der Waals surface area contributed by atoms with E-state index in [9.17, 15) is 13.2 Å². The van der Waals surface area contributed by atoms with Crippen LogP contribution in [0.2, 0.25) is 0 Å². The summed E-state index contributed by atoms with van der Waals surface area (Å²) in [7, 11) is 1.61. The van der Waals surface area contributed by atoms with Gasteiger partial charge in [-0.2, -0.15) is 13.2 Å². The molecule has 0 saturated heterocycles. The van der Waals surface area contributed by atoms with E-state index >= 15 is 0 Å². The van der Waals surface area contributed by atoms with E-state index in [1.165, 1.54) is 12.1 Å². The lowest BCUT2D eigenvalue weighted by Gasteiger charge is -2.26. The lowest BCUT2D eigenvalue weighted by atomic mass is 10.0. The van der Waals surface area contributed by atoms with Gasteiger partial charge in [0.25, 0.3) is 0 Å². The molecule has 1 rings (SSSR count). The molecule has 106 valence electrons. The van der Waals surface area contributed by atoms with Crippen LogP contribution in [0.4, 0.5) is 18.9 Å². The van der Waals surface area contributed by atoms with Crippen LogP contribution in [-0.4, -0.2) is 29.8 Å². The van der Waals surface area contributed by atoms with Crippen molar-refractivity contribution in [2.24, 2.45) is 5.73 Å². The fraction of sp³-hybridized carbons (Fsp3) is 0.417. The summed E-state index contributed by atoms with van der Waals surface area (Å²) >= 11 is 4.63. The predicted molar refractivity (Wildman–Crippen MR) is 72.3 cm³/mol. The maximum absolute atomic E-state index is 13.0. The second kappa shape index (κ2) is 5.75. The quantitative estimate of drug-likeness (QED) is 0.835. The van der Waals surface area contributed by atoms with Gasteiger partial charge in [-0.05, 0) is 25.1 Å². The largest absolute Gasteiger partial charge is 0.417 e. The smallest absolute Gasteiger partial charge is 0.394 e. The molecule has 0 amide bonds. The maximum Gasteiger partial charge on any atom is 0.417 e. The highest BCUT2D eigenvalue weighted by atomic mass is 32.1. The minimum absolute atomic E-state index is 0.158. The van der Waals surface area contributed by atoms with E-state index in [2.05, 4.69) is 12.2 Å². The first-order valence-corrected chi connectivity index (χ1v) is 5.94. The van der Waals surface area contributed by atoms with E-state index in [1.807, 2.05) is 0 Å². The molecule has 0 spiro atoms. The summed E-state index contributed by atoms with van der Waals surface area (Å²) in [6.07, 6.45) is -4.53. The van der Waals surface area contributed by atoms with Crippen LogP contribution in [0.5, 0.6) is 0 Å². The highest BCUT2D eigenvalue weighted by Gasteiger charge is 2.34. The second-order valence-electron chi connectivity index (χ2n) is 4.23. The zero-order valence-corrected chi connectivity index (χ0v) is 11.3. The standard InChI is InChI=1S/C12H15F3N2OS/c1-7(6-18)17(2)8-3-4-9(11(16)19)10(5-8)12(13,14)15/h3-5,7,18H,6H2,1-2H3,(H2,16,19). The van der Waals surface area contributed by atoms with Crippen LogP contribution < -0.4 is 10.6 Å². The summed E-state index contributed by atoms with van der Waals surface area (Å²) in [6, 6.07) is 3.44. The highest BCUT2D eigenvalue weighted by molar-refractivity contribution is 7.80. The van der Waals surface area contributed by atoms with Gasteiger partial charge < -0.3 is 15.7 Å². The fourth-order valence-corrected chi connectivity index (χ4v) is 1.76. The Labute approximate surface area is 114 Å². The van der Waals surface area contributed by atoms with Gasteiger partial charge in [0.2, 0.25) is 0 Å². The van der Waals surface area contributed by atoms with E-state index in [0.717, 1.165) is 6.07 Å². The number of hydrogen-bond acceptors (Lipinski definition) is 3. The number of rotatable bonds is 4. The molecule has 0 radical (unpaired) electrons. The van der Waals surface area contributed by atoms with Gasteiger partial charge in [0, 0.05) is 24.3 Å². The summed E-state index contributed by atoms with van der Waals surface area (Å²) in [6.45, 7) is 1.55. The van der Waals surface area contributed by atoms with Crippen LogP contribution in [0.1, 0.15) is 18.1 Å². The van der Waals surface area contributed by atoms with Crippen LogP contribution in [-0.2, 0) is 6.18 Å². The molecule has 0 saturated carbocycles. The van der Waals surface area contributed by atoms with Gasteiger partial charge in [-0.1, -0.05) is 12.2 Å². The molecule has 3 nitrogen and oxygen atoms in total. The Balaban J connectivity index is 3.30. The van der Waals surface area contributed by atoms with Crippen LogP contribution in [0.3, 0.4) is 0 Å². The molecular formula is C12H15F3N2OS. The predicted octanol–water partition coefficient (Wildman–Crippen LogP) is 2.16. The number of nitrogens with zero attached hydrogens (tertiary/aromatic N) is 1. The highest BCUT2D eigenvalue weighted by Crippen LogP contribution is 2.34. The topological polar surface area (TPSA) is 49.5 Å². The number of anilines is 1. The molecule has 0 aliphatic rings. The summed E-state index contributed by atoms with van der Waals surface area (Å²) in [5.74, 6) is 0.